The van der Waals surface area contributed by atoms with Crippen LogP contribution in [0, 0.1) is 0 Å². The van der Waals surface area contributed by atoms with Crippen molar-refractivity contribution in [3.8, 4) is 0 Å². The second-order valence-corrected chi connectivity index (χ2v) is 2.25. The molecule has 0 spiro atoms. The Morgan fingerprint density at radius 3 is 2.50 bits per heavy atom. The maximum atomic E-state index is 9.90. The van der Waals surface area contributed by atoms with Gasteiger partial charge < -0.3 is 0 Å². The summed E-state index contributed by atoms with van der Waals surface area (Å²) in [6.07, 6.45) is -0.110. The average molecular weight is 187 g/mol. The number of rotatable bonds is 6. The van der Waals surface area contributed by atoms with Crippen molar-refractivity contribution in [1.29, 1.82) is 0 Å². The molecule has 0 aromatic carbocycles. The van der Waals surface area contributed by atoms with Gasteiger partial charge in [0.2, 0.25) is 0 Å². The first-order valence-corrected chi connectivity index (χ1v) is 3.82. The second kappa shape index (κ2) is 7.32. The molecule has 1 atom stereocenters. The number of hydrogen-bond donors (Lipinski definition) is 0. The summed E-state index contributed by atoms with van der Waals surface area (Å²) in [6, 6.07) is 0. The van der Waals surface area contributed by atoms with Crippen molar-refractivity contribution in [3.63, 3.8) is 0 Å². The molecule has 0 aliphatic heterocycles. The van der Waals surface area contributed by atoms with Gasteiger partial charge in [0, 0.05) is 0 Å². The number of methoxy groups -OCH3 is 2. The monoisotopic (exact) mass is 187 g/mol. The van der Waals surface area contributed by atoms with E-state index in [1.807, 2.05) is 0 Å². The fourth-order valence-electron chi connectivity index (χ4n) is 0.474. The molecule has 4 nitrogen and oxygen atoms in total. The third kappa shape index (κ3) is 5.03. The second-order valence-electron chi connectivity index (χ2n) is 1.67. The van der Waals surface area contributed by atoms with E-state index in [4.69, 9.17) is 9.47 Å². The summed E-state index contributed by atoms with van der Waals surface area (Å²) >= 11 is -0.982. The molecule has 0 aromatic heterocycles. The Bertz CT molecular complexity index is 87.7. The number of ether oxygens (including phenoxy) is 2. The first-order chi connectivity index (χ1) is 4.85. The molecule has 0 saturated heterocycles. The van der Waals surface area contributed by atoms with Gasteiger partial charge in [-0.3, -0.25) is 0 Å². The van der Waals surface area contributed by atoms with Crippen molar-refractivity contribution >= 4 is 0 Å². The molecule has 5 heteroatoms. The molecule has 0 saturated carbocycles. The van der Waals surface area contributed by atoms with E-state index >= 15 is 0 Å². The van der Waals surface area contributed by atoms with Crippen LogP contribution in [-0.4, -0.2) is 33.5 Å². The van der Waals surface area contributed by atoms with Gasteiger partial charge in [0.15, 0.2) is 0 Å². The summed E-state index contributed by atoms with van der Waals surface area (Å²) < 4.78 is 24.2. The fraction of sp³-hybridized carbons (Fsp3) is 1.00. The summed E-state index contributed by atoms with van der Waals surface area (Å²) in [5.74, 6) is 0. The topological polar surface area (TPSA) is 44.8 Å². The molecule has 0 aliphatic rings. The fourth-order valence-corrected chi connectivity index (χ4v) is 0.798. The Balaban J connectivity index is 3.29. The van der Waals surface area contributed by atoms with Gasteiger partial charge in [0.1, 0.15) is 0 Å². The molecule has 0 fully saturated rings. The van der Waals surface area contributed by atoms with Crippen LogP contribution in [0.2, 0.25) is 0 Å². The van der Waals surface area contributed by atoms with Crippen molar-refractivity contribution in [2.75, 3.05) is 27.4 Å². The summed E-state index contributed by atoms with van der Waals surface area (Å²) in [6.45, 7) is 0.792. The molecular formula is C5H11CrO4. The zero-order valence-electron chi connectivity index (χ0n) is 6.03. The van der Waals surface area contributed by atoms with Crippen LogP contribution >= 0.6 is 0 Å². The van der Waals surface area contributed by atoms with Crippen LogP contribution in [-0.2, 0) is 32.6 Å². The molecule has 0 aliphatic carbocycles. The molecule has 0 N–H and O–H groups in total. The SMILES string of the molecule is COCC(C[O][Cr]=[O])OC. The van der Waals surface area contributed by atoms with Gasteiger partial charge >= 0.3 is 66.1 Å². The molecular weight excluding hydrogens is 176 g/mol. The normalized spacial score (nSPS) is 13.0. The van der Waals surface area contributed by atoms with Crippen molar-refractivity contribution in [3.05, 3.63) is 0 Å². The number of hydrogen-bond acceptors (Lipinski definition) is 4. The van der Waals surface area contributed by atoms with Crippen LogP contribution in [0.1, 0.15) is 0 Å². The minimum atomic E-state index is -0.982. The first kappa shape index (κ1) is 10.2. The zero-order chi connectivity index (χ0) is 7.82. The van der Waals surface area contributed by atoms with Gasteiger partial charge in [-0.2, -0.15) is 0 Å². The molecule has 10 heavy (non-hydrogen) atoms. The zero-order valence-corrected chi connectivity index (χ0v) is 7.31. The van der Waals surface area contributed by atoms with E-state index in [1.165, 1.54) is 0 Å². The summed E-state index contributed by atoms with van der Waals surface area (Å²) in [7, 11) is 3.14. The van der Waals surface area contributed by atoms with E-state index in [2.05, 4.69) is 3.79 Å². The van der Waals surface area contributed by atoms with Crippen molar-refractivity contribution in [2.24, 2.45) is 0 Å². The van der Waals surface area contributed by atoms with Crippen LogP contribution in [0.4, 0.5) is 0 Å². The van der Waals surface area contributed by atoms with Crippen molar-refractivity contribution < 1.29 is 32.6 Å². The predicted molar refractivity (Wildman–Crippen MR) is 29.3 cm³/mol. The first-order valence-electron chi connectivity index (χ1n) is 2.78. The molecule has 0 heterocycles. The quantitative estimate of drug-likeness (QED) is 0.587. The Labute approximate surface area is 66.7 Å². The Morgan fingerprint density at radius 1 is 1.40 bits per heavy atom. The van der Waals surface area contributed by atoms with Crippen molar-refractivity contribution in [2.45, 2.75) is 6.10 Å². The maximum absolute atomic E-state index is 9.90. The Morgan fingerprint density at radius 2 is 2.10 bits per heavy atom. The van der Waals surface area contributed by atoms with Crippen LogP contribution < -0.4 is 0 Å². The standard InChI is InChI=1S/C5H11O3.Cr.O/c1-7-4-5(3-6)8-2;;/h5H,3-4H2,1-2H3;;/q-1;+1;. The van der Waals surface area contributed by atoms with Gasteiger partial charge in [-0.25, -0.2) is 0 Å². The third-order valence-electron chi connectivity index (χ3n) is 0.988. The van der Waals surface area contributed by atoms with Gasteiger partial charge in [0.25, 0.3) is 0 Å². The summed E-state index contributed by atoms with van der Waals surface area (Å²) in [5, 5.41) is 0. The van der Waals surface area contributed by atoms with E-state index in [0.717, 1.165) is 0 Å². The van der Waals surface area contributed by atoms with E-state index in [9.17, 15) is 3.80 Å². The van der Waals surface area contributed by atoms with Crippen LogP contribution in [0.15, 0.2) is 0 Å². The molecule has 0 radical (unpaired) electrons. The van der Waals surface area contributed by atoms with Crippen LogP contribution in [0.3, 0.4) is 0 Å². The molecule has 1 unspecified atom stereocenters. The van der Waals surface area contributed by atoms with E-state index < -0.39 is 15.5 Å². The molecule has 0 aromatic rings. The molecule has 61 valence electrons. The summed E-state index contributed by atoms with van der Waals surface area (Å²) in [5.41, 5.74) is 0. The van der Waals surface area contributed by atoms with E-state index in [-0.39, 0.29) is 6.10 Å². The van der Waals surface area contributed by atoms with Gasteiger partial charge in [-0.15, -0.1) is 0 Å². The molecule has 0 amide bonds. The predicted octanol–water partition coefficient (Wildman–Crippen LogP) is 0.00740. The van der Waals surface area contributed by atoms with E-state index in [0.29, 0.717) is 13.2 Å². The van der Waals surface area contributed by atoms with Crippen molar-refractivity contribution in [1.82, 2.24) is 0 Å². The van der Waals surface area contributed by atoms with Gasteiger partial charge in [-0.05, 0) is 0 Å². The Hall–Kier alpha value is 0.212. The van der Waals surface area contributed by atoms with Crippen LogP contribution in [0.5, 0.6) is 0 Å². The third-order valence-corrected chi connectivity index (χ3v) is 1.35. The average Bonchev–Trinajstić information content (AvgIpc) is 1.98. The summed E-state index contributed by atoms with van der Waals surface area (Å²) in [4.78, 5) is 0. The molecule has 0 rings (SSSR count). The molecule has 0 bridgehead atoms. The van der Waals surface area contributed by atoms with E-state index in [1.54, 1.807) is 14.2 Å². The minimum absolute atomic E-state index is 0.110. The Kier molecular flexibility index (Phi) is 7.48. The van der Waals surface area contributed by atoms with Gasteiger partial charge in [-0.1, -0.05) is 0 Å². The van der Waals surface area contributed by atoms with Crippen LogP contribution in [0.25, 0.3) is 0 Å². The van der Waals surface area contributed by atoms with Gasteiger partial charge in [0.05, 0.1) is 0 Å².